The van der Waals surface area contributed by atoms with Crippen molar-refractivity contribution in [2.75, 3.05) is 11.1 Å². The van der Waals surface area contributed by atoms with Gasteiger partial charge >= 0.3 is 0 Å². The van der Waals surface area contributed by atoms with E-state index in [1.165, 1.54) is 0 Å². The minimum atomic E-state index is -3.64. The van der Waals surface area contributed by atoms with Gasteiger partial charge in [-0.2, -0.15) is 0 Å². The summed E-state index contributed by atoms with van der Waals surface area (Å²) in [4.78, 5) is 11.9. The maximum Gasteiger partial charge on any atom is 0.250 e. The fourth-order valence-corrected chi connectivity index (χ4v) is 3.19. The molecule has 1 aromatic carbocycles. The van der Waals surface area contributed by atoms with Crippen LogP contribution in [0.4, 0.5) is 5.69 Å². The van der Waals surface area contributed by atoms with E-state index < -0.39 is 22.0 Å². The highest BCUT2D eigenvalue weighted by atomic mass is 32.2. The van der Waals surface area contributed by atoms with Crippen LogP contribution in [0.15, 0.2) is 24.3 Å². The molecule has 0 saturated carbocycles. The third-order valence-corrected chi connectivity index (χ3v) is 4.64. The molecular formula is C15H25N5O3S. The number of benzene rings is 1. The van der Waals surface area contributed by atoms with E-state index >= 15 is 0 Å². The van der Waals surface area contributed by atoms with Crippen molar-refractivity contribution in [3.8, 4) is 0 Å². The second kappa shape index (κ2) is 9.24. The lowest BCUT2D eigenvalue weighted by molar-refractivity contribution is -0.120. The number of rotatable bonds is 9. The van der Waals surface area contributed by atoms with Crippen LogP contribution in [0.3, 0.4) is 0 Å². The minimum Gasteiger partial charge on any atom is -0.370 e. The molecule has 1 amide bonds. The van der Waals surface area contributed by atoms with Crippen LogP contribution in [0.2, 0.25) is 0 Å². The molecule has 1 atom stereocenters. The van der Waals surface area contributed by atoms with E-state index in [4.69, 9.17) is 16.9 Å². The summed E-state index contributed by atoms with van der Waals surface area (Å²) in [7, 11) is -3.64. The summed E-state index contributed by atoms with van der Waals surface area (Å²) in [5.74, 6) is -0.963. The molecule has 0 aliphatic heterocycles. The molecule has 0 radical (unpaired) electrons. The quantitative estimate of drug-likeness (QED) is 0.247. The summed E-state index contributed by atoms with van der Waals surface area (Å²) in [6, 6.07) is 5.89. The lowest BCUT2D eigenvalue weighted by Gasteiger charge is -2.13. The number of hydrogen-bond acceptors (Lipinski definition) is 5. The lowest BCUT2D eigenvalue weighted by atomic mass is 10.1. The van der Waals surface area contributed by atoms with Gasteiger partial charge in [-0.3, -0.25) is 14.9 Å². The number of anilines is 1. The van der Waals surface area contributed by atoms with Gasteiger partial charge in [0.1, 0.15) is 0 Å². The molecule has 1 aromatic rings. The van der Waals surface area contributed by atoms with Crippen molar-refractivity contribution in [2.24, 2.45) is 11.5 Å². The van der Waals surface area contributed by atoms with Gasteiger partial charge in [0.25, 0.3) is 5.91 Å². The molecule has 0 heterocycles. The second-order valence-corrected chi connectivity index (χ2v) is 7.38. The molecule has 7 N–H and O–H groups in total. The summed E-state index contributed by atoms with van der Waals surface area (Å²) in [5.41, 5.74) is 12.4. The van der Waals surface area contributed by atoms with E-state index in [2.05, 4.69) is 5.32 Å². The number of carbonyl (C=O) groups is 1. The zero-order valence-electron chi connectivity index (χ0n) is 13.7. The van der Waals surface area contributed by atoms with Crippen LogP contribution in [0.25, 0.3) is 0 Å². The first kappa shape index (κ1) is 19.9. The third-order valence-electron chi connectivity index (χ3n) is 3.30. The van der Waals surface area contributed by atoms with Crippen molar-refractivity contribution in [2.45, 2.75) is 38.6 Å². The third kappa shape index (κ3) is 7.42. The number of unbranched alkanes of at least 4 members (excludes halogenated alkanes) is 2. The van der Waals surface area contributed by atoms with E-state index in [0.29, 0.717) is 12.1 Å². The maximum atomic E-state index is 11.9. The maximum absolute atomic E-state index is 11.9. The highest BCUT2D eigenvalue weighted by Crippen LogP contribution is 2.10. The van der Waals surface area contributed by atoms with Crippen molar-refractivity contribution < 1.29 is 13.2 Å². The van der Waals surface area contributed by atoms with Crippen molar-refractivity contribution in [1.82, 2.24) is 4.72 Å². The summed E-state index contributed by atoms with van der Waals surface area (Å²) < 4.78 is 25.6. The Balaban J connectivity index is 2.55. The minimum absolute atomic E-state index is 0.0787. The number of nitrogens with two attached hydrogens (primary N) is 2. The van der Waals surface area contributed by atoms with Gasteiger partial charge in [-0.25, -0.2) is 8.42 Å². The first-order chi connectivity index (χ1) is 11.2. The van der Waals surface area contributed by atoms with Crippen molar-refractivity contribution in [1.29, 1.82) is 5.41 Å². The van der Waals surface area contributed by atoms with Gasteiger partial charge in [0.15, 0.2) is 5.96 Å². The highest BCUT2D eigenvalue weighted by Gasteiger charge is 2.20. The van der Waals surface area contributed by atoms with Gasteiger partial charge in [-0.15, -0.1) is 0 Å². The van der Waals surface area contributed by atoms with Gasteiger partial charge in [-0.05, 0) is 30.5 Å². The Bertz CT molecular complexity index is 658. The molecule has 134 valence electrons. The molecule has 9 heteroatoms. The summed E-state index contributed by atoms with van der Waals surface area (Å²) >= 11 is 0. The van der Waals surface area contributed by atoms with Crippen LogP contribution in [0.1, 0.15) is 31.7 Å². The molecule has 0 unspecified atom stereocenters. The Morgan fingerprint density at radius 2 is 1.88 bits per heavy atom. The number of sulfonamides is 1. The van der Waals surface area contributed by atoms with Gasteiger partial charge in [0.2, 0.25) is 10.0 Å². The molecule has 0 bridgehead atoms. The Morgan fingerprint density at radius 1 is 1.25 bits per heavy atom. The summed E-state index contributed by atoms with van der Waals surface area (Å²) in [6.45, 7) is 1.97. The van der Waals surface area contributed by atoms with Crippen molar-refractivity contribution >= 4 is 27.6 Å². The lowest BCUT2D eigenvalue weighted by Crippen LogP contribution is -2.45. The van der Waals surface area contributed by atoms with E-state index in [9.17, 15) is 13.2 Å². The molecule has 0 aliphatic rings. The van der Waals surface area contributed by atoms with Crippen molar-refractivity contribution in [3.05, 3.63) is 29.8 Å². The molecule has 0 aliphatic carbocycles. The smallest absolute Gasteiger partial charge is 0.250 e. The summed E-state index contributed by atoms with van der Waals surface area (Å²) in [5, 5.41) is 9.77. The molecule has 8 nitrogen and oxygen atoms in total. The highest BCUT2D eigenvalue weighted by molar-refractivity contribution is 7.90. The fraction of sp³-hybridized carbons (Fsp3) is 0.467. The van der Waals surface area contributed by atoms with E-state index in [-0.39, 0.29) is 18.1 Å². The molecule has 0 spiro atoms. The fourth-order valence-electron chi connectivity index (χ4n) is 2.05. The Hall–Kier alpha value is -2.13. The van der Waals surface area contributed by atoms with Crippen LogP contribution in [0, 0.1) is 5.41 Å². The van der Waals surface area contributed by atoms with Crippen molar-refractivity contribution in [3.63, 3.8) is 0 Å². The standard InChI is InChI=1S/C15H25N5O3S/c1-2-3-4-9-24(22,23)20-14(21)13(16)10-11-5-7-12(8-6-11)19-15(17)18/h5-8,13H,2-4,9-10,16H2,1H3,(H,20,21)(H4,17,18,19)/t13-/m0/s1. The first-order valence-corrected chi connectivity index (χ1v) is 9.38. The Labute approximate surface area is 142 Å². The number of nitrogens with one attached hydrogen (secondary N) is 3. The van der Waals surface area contributed by atoms with Crippen LogP contribution < -0.4 is 21.5 Å². The molecule has 0 saturated heterocycles. The zero-order valence-corrected chi connectivity index (χ0v) is 14.5. The summed E-state index contributed by atoms with van der Waals surface area (Å²) in [6.07, 6.45) is 2.41. The van der Waals surface area contributed by atoms with Crippen LogP contribution >= 0.6 is 0 Å². The second-order valence-electron chi connectivity index (χ2n) is 5.54. The van der Waals surface area contributed by atoms with E-state index in [0.717, 1.165) is 18.4 Å². The first-order valence-electron chi connectivity index (χ1n) is 7.73. The van der Waals surface area contributed by atoms with Gasteiger partial charge in [0.05, 0.1) is 11.8 Å². The van der Waals surface area contributed by atoms with Crippen LogP contribution in [0.5, 0.6) is 0 Å². The monoisotopic (exact) mass is 355 g/mol. The van der Waals surface area contributed by atoms with Gasteiger partial charge < -0.3 is 16.8 Å². The zero-order chi connectivity index (χ0) is 18.2. The number of hydrogen-bond donors (Lipinski definition) is 5. The average molecular weight is 355 g/mol. The normalized spacial score (nSPS) is 12.4. The Morgan fingerprint density at radius 3 is 2.42 bits per heavy atom. The van der Waals surface area contributed by atoms with Gasteiger partial charge in [-0.1, -0.05) is 31.9 Å². The SMILES string of the molecule is CCCCCS(=O)(=O)NC(=O)[C@@H](N)Cc1ccc(NC(=N)N)cc1. The van der Waals surface area contributed by atoms with Crippen LogP contribution in [-0.2, 0) is 21.2 Å². The molecule has 1 rings (SSSR count). The topological polar surface area (TPSA) is 151 Å². The van der Waals surface area contributed by atoms with E-state index in [1.807, 2.05) is 11.6 Å². The number of amides is 1. The van der Waals surface area contributed by atoms with Crippen LogP contribution in [-0.4, -0.2) is 32.1 Å². The number of guanidine groups is 1. The average Bonchev–Trinajstić information content (AvgIpc) is 2.48. The predicted octanol–water partition coefficient (Wildman–Crippen LogP) is 0.498. The molecule has 0 aromatic heterocycles. The molecule has 24 heavy (non-hydrogen) atoms. The molecular weight excluding hydrogens is 330 g/mol. The largest absolute Gasteiger partial charge is 0.370 e. The number of carbonyl (C=O) groups excluding carboxylic acids is 1. The molecule has 0 fully saturated rings. The van der Waals surface area contributed by atoms with Gasteiger partial charge in [0, 0.05) is 5.69 Å². The van der Waals surface area contributed by atoms with E-state index in [1.54, 1.807) is 24.3 Å². The predicted molar refractivity (Wildman–Crippen MR) is 95.1 cm³/mol. The Kier molecular flexibility index (Phi) is 7.66.